The molecular formula is C31H39FN4O4. The van der Waals surface area contributed by atoms with Gasteiger partial charge in [0.15, 0.2) is 0 Å². The maximum atomic E-state index is 13.6. The van der Waals surface area contributed by atoms with E-state index in [0.29, 0.717) is 61.6 Å². The second-order valence-corrected chi connectivity index (χ2v) is 11.4. The minimum atomic E-state index is -0.635. The first kappa shape index (κ1) is 28.1. The Labute approximate surface area is 235 Å². The van der Waals surface area contributed by atoms with Gasteiger partial charge in [-0.1, -0.05) is 12.1 Å². The Bertz CT molecular complexity index is 1250. The topological polar surface area (TPSA) is 82.2 Å². The number of benzene rings is 2. The molecule has 2 aromatic carbocycles. The van der Waals surface area contributed by atoms with Crippen LogP contribution in [-0.2, 0) is 16.0 Å². The normalized spacial score (nSPS) is 19.9. The van der Waals surface area contributed by atoms with Crippen molar-refractivity contribution in [1.82, 2.24) is 14.7 Å². The van der Waals surface area contributed by atoms with Gasteiger partial charge in [0.2, 0.25) is 5.78 Å². The van der Waals surface area contributed by atoms with E-state index in [4.69, 9.17) is 4.74 Å². The van der Waals surface area contributed by atoms with Gasteiger partial charge in [-0.2, -0.15) is 0 Å². The number of halogens is 1. The molecule has 2 saturated heterocycles. The molecule has 0 spiro atoms. The molecule has 9 heteroatoms. The number of hydrogen-bond donors (Lipinski definition) is 1. The van der Waals surface area contributed by atoms with Crippen LogP contribution in [0.2, 0.25) is 0 Å². The van der Waals surface area contributed by atoms with Gasteiger partial charge in [-0.25, -0.2) is 4.39 Å². The van der Waals surface area contributed by atoms with E-state index >= 15 is 0 Å². The van der Waals surface area contributed by atoms with Crippen LogP contribution in [0.15, 0.2) is 36.4 Å². The molecule has 0 radical (unpaired) electrons. The Morgan fingerprint density at radius 2 is 1.65 bits per heavy atom. The van der Waals surface area contributed by atoms with Crippen LogP contribution in [0.25, 0.3) is 0 Å². The van der Waals surface area contributed by atoms with Crippen molar-refractivity contribution in [3.63, 3.8) is 0 Å². The third kappa shape index (κ3) is 5.84. The Balaban J connectivity index is 1.26. The average Bonchev–Trinajstić information content (AvgIpc) is 3.39. The zero-order valence-electron chi connectivity index (χ0n) is 23.6. The van der Waals surface area contributed by atoms with Gasteiger partial charge < -0.3 is 19.9 Å². The molecule has 2 amide bonds. The van der Waals surface area contributed by atoms with Crippen LogP contribution in [-0.4, -0.2) is 91.3 Å². The number of rotatable bonds is 7. The predicted octanol–water partition coefficient (Wildman–Crippen LogP) is 3.56. The van der Waals surface area contributed by atoms with E-state index in [1.165, 1.54) is 19.2 Å². The van der Waals surface area contributed by atoms with E-state index in [0.717, 1.165) is 43.6 Å². The van der Waals surface area contributed by atoms with Crippen LogP contribution in [0.4, 0.5) is 10.1 Å². The molecule has 0 bridgehead atoms. The van der Waals surface area contributed by atoms with Crippen molar-refractivity contribution in [1.29, 1.82) is 0 Å². The molecule has 40 heavy (non-hydrogen) atoms. The number of likely N-dealkylation sites (tertiary alicyclic amines) is 1. The summed E-state index contributed by atoms with van der Waals surface area (Å²) in [6.45, 7) is 8.41. The highest BCUT2D eigenvalue weighted by molar-refractivity contribution is 6.38. The summed E-state index contributed by atoms with van der Waals surface area (Å²) in [5, 5.41) is 3.24. The van der Waals surface area contributed by atoms with E-state index in [1.54, 1.807) is 17.0 Å². The standard InChI is InChI=1S/C31H39FN4O4/c1-20(2)34-12-14-36(15-13-34)31(39)29(37)26-19-33-27-18-28(40-3)25(17-24(26)27)30(38)35-10-8-22(9-11-35)16-21-4-6-23(32)7-5-21/h4-7,17-18,20,22,26,33H,8-16,19H2,1-3H3. The van der Waals surface area contributed by atoms with Gasteiger partial charge in [0, 0.05) is 63.6 Å². The second-order valence-electron chi connectivity index (χ2n) is 11.4. The molecular weight excluding hydrogens is 511 g/mol. The van der Waals surface area contributed by atoms with Crippen molar-refractivity contribution in [2.24, 2.45) is 5.92 Å². The number of Topliss-reactive ketones (excluding diaryl/α,β-unsaturated/α-hetero) is 1. The molecule has 3 aliphatic heterocycles. The number of hydrogen-bond acceptors (Lipinski definition) is 6. The lowest BCUT2D eigenvalue weighted by Crippen LogP contribution is -2.52. The van der Waals surface area contributed by atoms with E-state index in [2.05, 4.69) is 24.1 Å². The fraction of sp³-hybridized carbons (Fsp3) is 0.516. The van der Waals surface area contributed by atoms with Crippen LogP contribution in [0.1, 0.15) is 54.1 Å². The molecule has 0 aromatic heterocycles. The highest BCUT2D eigenvalue weighted by Gasteiger charge is 2.38. The first-order chi connectivity index (χ1) is 19.2. The van der Waals surface area contributed by atoms with Crippen molar-refractivity contribution < 1.29 is 23.5 Å². The van der Waals surface area contributed by atoms with E-state index in [1.807, 2.05) is 17.0 Å². The van der Waals surface area contributed by atoms with Gasteiger partial charge in [-0.15, -0.1) is 0 Å². The minimum absolute atomic E-state index is 0.130. The summed E-state index contributed by atoms with van der Waals surface area (Å²) in [6, 6.07) is 10.5. The van der Waals surface area contributed by atoms with Crippen LogP contribution < -0.4 is 10.1 Å². The van der Waals surface area contributed by atoms with Crippen LogP contribution in [0.3, 0.4) is 0 Å². The van der Waals surface area contributed by atoms with Gasteiger partial charge in [-0.3, -0.25) is 19.3 Å². The maximum absolute atomic E-state index is 13.6. The Morgan fingerprint density at radius 3 is 2.27 bits per heavy atom. The predicted molar refractivity (Wildman–Crippen MR) is 151 cm³/mol. The number of carbonyl (C=O) groups excluding carboxylic acids is 3. The third-order valence-electron chi connectivity index (χ3n) is 8.67. The first-order valence-corrected chi connectivity index (χ1v) is 14.3. The number of ketones is 1. The van der Waals surface area contributed by atoms with Gasteiger partial charge in [0.1, 0.15) is 11.6 Å². The average molecular weight is 551 g/mol. The van der Waals surface area contributed by atoms with Gasteiger partial charge in [0.05, 0.1) is 18.6 Å². The van der Waals surface area contributed by atoms with Crippen molar-refractivity contribution in [3.8, 4) is 5.75 Å². The number of fused-ring (bicyclic) bond motifs is 1. The quantitative estimate of drug-likeness (QED) is 0.531. The van der Waals surface area contributed by atoms with Crippen molar-refractivity contribution >= 4 is 23.3 Å². The number of piperidine rings is 1. The Hall–Kier alpha value is -3.46. The van der Waals surface area contributed by atoms with Gasteiger partial charge in [-0.05, 0) is 68.4 Å². The Kier molecular flexibility index (Phi) is 8.40. The number of nitrogens with zero attached hydrogens (tertiary/aromatic N) is 3. The zero-order valence-corrected chi connectivity index (χ0v) is 23.6. The number of piperazine rings is 1. The van der Waals surface area contributed by atoms with E-state index < -0.39 is 17.6 Å². The monoisotopic (exact) mass is 550 g/mol. The summed E-state index contributed by atoms with van der Waals surface area (Å²) in [4.78, 5) is 46.0. The summed E-state index contributed by atoms with van der Waals surface area (Å²) >= 11 is 0. The number of anilines is 1. The van der Waals surface area contributed by atoms with Gasteiger partial charge in [0.25, 0.3) is 11.8 Å². The molecule has 214 valence electrons. The number of carbonyl (C=O) groups is 3. The molecule has 2 aromatic rings. The molecule has 1 atom stereocenters. The number of nitrogens with one attached hydrogen (secondary N) is 1. The fourth-order valence-electron chi connectivity index (χ4n) is 6.14. The summed E-state index contributed by atoms with van der Waals surface area (Å²) < 4.78 is 18.8. The molecule has 2 fully saturated rings. The van der Waals surface area contributed by atoms with Crippen molar-refractivity contribution in [2.45, 2.75) is 45.1 Å². The Morgan fingerprint density at radius 1 is 0.975 bits per heavy atom. The molecule has 0 aliphatic carbocycles. The lowest BCUT2D eigenvalue weighted by Gasteiger charge is -2.36. The fourth-order valence-corrected chi connectivity index (χ4v) is 6.14. The summed E-state index contributed by atoms with van der Waals surface area (Å²) in [5.41, 5.74) is 2.92. The molecule has 0 saturated carbocycles. The maximum Gasteiger partial charge on any atom is 0.290 e. The second kappa shape index (κ2) is 12.0. The minimum Gasteiger partial charge on any atom is -0.496 e. The van der Waals surface area contributed by atoms with E-state index in [9.17, 15) is 18.8 Å². The van der Waals surface area contributed by atoms with E-state index in [-0.39, 0.29) is 11.7 Å². The number of methoxy groups -OCH3 is 1. The highest BCUT2D eigenvalue weighted by Crippen LogP contribution is 2.38. The molecule has 1 unspecified atom stereocenters. The number of ether oxygens (including phenoxy) is 1. The molecule has 1 N–H and O–H groups in total. The molecule has 8 nitrogen and oxygen atoms in total. The molecule has 3 heterocycles. The lowest BCUT2D eigenvalue weighted by atomic mass is 9.89. The SMILES string of the molecule is COc1cc2c(cc1C(=O)N1CCC(Cc3ccc(F)cc3)CC1)C(C(=O)C(=O)N1CCN(C(C)C)CC1)CN2. The zero-order chi connectivity index (χ0) is 28.4. The van der Waals surface area contributed by atoms with Crippen LogP contribution >= 0.6 is 0 Å². The lowest BCUT2D eigenvalue weighted by molar-refractivity contribution is -0.146. The molecule has 5 rings (SSSR count). The van der Waals surface area contributed by atoms with Gasteiger partial charge >= 0.3 is 0 Å². The first-order valence-electron chi connectivity index (χ1n) is 14.3. The van der Waals surface area contributed by atoms with Crippen LogP contribution in [0.5, 0.6) is 5.75 Å². The highest BCUT2D eigenvalue weighted by atomic mass is 19.1. The largest absolute Gasteiger partial charge is 0.496 e. The molecule has 3 aliphatic rings. The van der Waals surface area contributed by atoms with Crippen LogP contribution in [0, 0.1) is 11.7 Å². The number of amides is 2. The van der Waals surface area contributed by atoms with Crippen molar-refractivity contribution in [2.75, 3.05) is 58.2 Å². The summed E-state index contributed by atoms with van der Waals surface area (Å²) in [7, 11) is 1.53. The summed E-state index contributed by atoms with van der Waals surface area (Å²) in [5.74, 6) is -1.01. The van der Waals surface area contributed by atoms with Crippen molar-refractivity contribution in [3.05, 3.63) is 58.9 Å². The summed E-state index contributed by atoms with van der Waals surface area (Å²) in [6.07, 6.45) is 2.58. The third-order valence-corrected chi connectivity index (χ3v) is 8.67. The smallest absolute Gasteiger partial charge is 0.290 e.